The second kappa shape index (κ2) is 8.06. The van der Waals surface area contributed by atoms with E-state index in [1.165, 1.54) is 11.8 Å². The third-order valence-electron chi connectivity index (χ3n) is 5.25. The number of carbonyl (C=O) groups excluding carboxylic acids is 2. The molecule has 4 rings (SSSR count). The molecule has 2 amide bonds. The fourth-order valence-corrected chi connectivity index (χ4v) is 4.84. The number of pyridine rings is 1. The fourth-order valence-electron chi connectivity index (χ4n) is 3.75. The third kappa shape index (κ3) is 3.74. The number of nitriles is 2. The molecule has 0 saturated carbocycles. The van der Waals surface area contributed by atoms with Crippen molar-refractivity contribution in [3.8, 4) is 12.1 Å². The fraction of sp³-hybridized carbons (Fsp3) is 0.318. The molecular formula is C22H18N4O2S. The molecule has 1 saturated heterocycles. The first kappa shape index (κ1) is 19.2. The molecule has 0 spiro atoms. The van der Waals surface area contributed by atoms with E-state index in [0.717, 1.165) is 48.3 Å². The average Bonchev–Trinajstić information content (AvgIpc) is 2.89. The maximum atomic E-state index is 12.9. The van der Waals surface area contributed by atoms with Crippen molar-refractivity contribution in [2.45, 2.75) is 48.8 Å². The van der Waals surface area contributed by atoms with Crippen LogP contribution in [0, 0.1) is 22.7 Å². The van der Waals surface area contributed by atoms with Gasteiger partial charge in [0.15, 0.2) is 0 Å². The molecule has 144 valence electrons. The molecule has 1 unspecified atom stereocenters. The number of rotatable bonds is 3. The smallest absolute Gasteiger partial charge is 0.247 e. The van der Waals surface area contributed by atoms with Gasteiger partial charge in [0.05, 0.1) is 28.1 Å². The first-order chi connectivity index (χ1) is 14.1. The number of benzene rings is 1. The summed E-state index contributed by atoms with van der Waals surface area (Å²) in [6.07, 6.45) is 5.19. The van der Waals surface area contributed by atoms with Crippen LogP contribution in [0.4, 0.5) is 5.69 Å². The molecule has 0 bridgehead atoms. The standard InChI is InChI=1S/C22H18N4O2S/c23-12-14-6-8-17(9-7-14)26-20(27)11-19(22(26)28)29-21-16(13-24)10-15-4-2-1-3-5-18(15)25-21/h6-10,19H,1-5,11H2. The Morgan fingerprint density at radius 3 is 2.52 bits per heavy atom. The maximum Gasteiger partial charge on any atom is 0.247 e. The molecule has 6 nitrogen and oxygen atoms in total. The van der Waals surface area contributed by atoms with Crippen LogP contribution in [0.1, 0.15) is 48.1 Å². The molecule has 1 aromatic carbocycles. The quantitative estimate of drug-likeness (QED) is 0.575. The summed E-state index contributed by atoms with van der Waals surface area (Å²) < 4.78 is 0. The van der Waals surface area contributed by atoms with Crippen LogP contribution in [0.25, 0.3) is 0 Å². The Labute approximate surface area is 173 Å². The molecule has 2 aromatic rings. The van der Waals surface area contributed by atoms with Gasteiger partial charge < -0.3 is 0 Å². The van der Waals surface area contributed by atoms with Crippen LogP contribution in [-0.4, -0.2) is 22.0 Å². The van der Waals surface area contributed by atoms with Gasteiger partial charge >= 0.3 is 0 Å². The largest absolute Gasteiger partial charge is 0.274 e. The van der Waals surface area contributed by atoms with E-state index in [1.54, 1.807) is 24.3 Å². The lowest BCUT2D eigenvalue weighted by Gasteiger charge is -2.15. The van der Waals surface area contributed by atoms with Crippen molar-refractivity contribution in [1.82, 2.24) is 4.98 Å². The molecule has 0 radical (unpaired) electrons. The van der Waals surface area contributed by atoms with Gasteiger partial charge in [-0.2, -0.15) is 10.5 Å². The summed E-state index contributed by atoms with van der Waals surface area (Å²) in [6, 6.07) is 12.5. The normalized spacial score (nSPS) is 18.7. The summed E-state index contributed by atoms with van der Waals surface area (Å²) in [6.45, 7) is 0. The number of fused-ring (bicyclic) bond motifs is 1. The molecule has 1 aromatic heterocycles. The topological polar surface area (TPSA) is 97.8 Å². The zero-order chi connectivity index (χ0) is 20.4. The minimum atomic E-state index is -0.610. The van der Waals surface area contributed by atoms with Gasteiger partial charge in [-0.05, 0) is 61.6 Å². The minimum Gasteiger partial charge on any atom is -0.274 e. The molecular weight excluding hydrogens is 384 g/mol. The second-order valence-electron chi connectivity index (χ2n) is 7.16. The van der Waals surface area contributed by atoms with Crippen molar-refractivity contribution < 1.29 is 9.59 Å². The van der Waals surface area contributed by atoms with Crippen molar-refractivity contribution >= 4 is 29.3 Å². The number of imide groups is 1. The van der Waals surface area contributed by atoms with Crippen LogP contribution in [0.15, 0.2) is 35.4 Å². The second-order valence-corrected chi connectivity index (χ2v) is 8.35. The van der Waals surface area contributed by atoms with Gasteiger partial charge in [0, 0.05) is 12.1 Å². The van der Waals surface area contributed by atoms with Crippen LogP contribution in [-0.2, 0) is 22.4 Å². The lowest BCUT2D eigenvalue weighted by Crippen LogP contribution is -2.31. The number of nitrogens with zero attached hydrogens (tertiary/aromatic N) is 4. The van der Waals surface area contributed by atoms with Crippen molar-refractivity contribution in [3.05, 3.63) is 52.7 Å². The molecule has 7 heteroatoms. The summed E-state index contributed by atoms with van der Waals surface area (Å²) >= 11 is 1.20. The van der Waals surface area contributed by atoms with E-state index in [2.05, 4.69) is 6.07 Å². The predicted molar refractivity (Wildman–Crippen MR) is 108 cm³/mol. The van der Waals surface area contributed by atoms with Crippen LogP contribution < -0.4 is 4.90 Å². The van der Waals surface area contributed by atoms with Crippen molar-refractivity contribution in [3.63, 3.8) is 0 Å². The Morgan fingerprint density at radius 2 is 1.79 bits per heavy atom. The van der Waals surface area contributed by atoms with Crippen LogP contribution in [0.3, 0.4) is 0 Å². The maximum absolute atomic E-state index is 12.9. The van der Waals surface area contributed by atoms with Gasteiger partial charge in [-0.1, -0.05) is 18.2 Å². The highest BCUT2D eigenvalue weighted by Gasteiger charge is 2.40. The lowest BCUT2D eigenvalue weighted by atomic mass is 10.1. The summed E-state index contributed by atoms with van der Waals surface area (Å²) in [5.41, 5.74) is 3.51. The van der Waals surface area contributed by atoms with Crippen molar-refractivity contribution in [2.24, 2.45) is 0 Å². The Hall–Kier alpha value is -3.16. The van der Waals surface area contributed by atoms with E-state index in [-0.39, 0.29) is 18.2 Å². The van der Waals surface area contributed by atoms with Gasteiger partial charge in [-0.15, -0.1) is 0 Å². The van der Waals surface area contributed by atoms with Gasteiger partial charge in [0.25, 0.3) is 0 Å². The minimum absolute atomic E-state index is 0.0626. The Kier molecular flexibility index (Phi) is 5.33. The highest BCUT2D eigenvalue weighted by Crippen LogP contribution is 2.36. The van der Waals surface area contributed by atoms with Crippen molar-refractivity contribution in [2.75, 3.05) is 4.90 Å². The van der Waals surface area contributed by atoms with E-state index in [4.69, 9.17) is 10.2 Å². The number of hydrogen-bond acceptors (Lipinski definition) is 6. The van der Waals surface area contributed by atoms with E-state index < -0.39 is 5.25 Å². The zero-order valence-corrected chi connectivity index (χ0v) is 16.5. The first-order valence-corrected chi connectivity index (χ1v) is 10.4. The number of hydrogen-bond donors (Lipinski definition) is 0. The molecule has 1 atom stereocenters. The van der Waals surface area contributed by atoms with Crippen LogP contribution >= 0.6 is 11.8 Å². The van der Waals surface area contributed by atoms with Crippen LogP contribution in [0.5, 0.6) is 0 Å². The first-order valence-electron chi connectivity index (χ1n) is 9.57. The molecule has 2 heterocycles. The van der Waals surface area contributed by atoms with Crippen LogP contribution in [0.2, 0.25) is 0 Å². The van der Waals surface area contributed by atoms with E-state index in [9.17, 15) is 14.9 Å². The SMILES string of the molecule is N#Cc1ccc(N2C(=O)CC(Sc3nc4c(cc3C#N)CCCCC4)C2=O)cc1. The molecule has 2 aliphatic rings. The highest BCUT2D eigenvalue weighted by atomic mass is 32.2. The molecule has 1 aliphatic carbocycles. The summed E-state index contributed by atoms with van der Waals surface area (Å²) in [4.78, 5) is 31.3. The van der Waals surface area contributed by atoms with E-state index in [1.807, 2.05) is 12.1 Å². The number of aryl methyl sites for hydroxylation is 2. The van der Waals surface area contributed by atoms with Gasteiger partial charge in [-0.25, -0.2) is 9.88 Å². The molecule has 1 fully saturated rings. The third-order valence-corrected chi connectivity index (χ3v) is 6.44. The van der Waals surface area contributed by atoms with E-state index in [0.29, 0.717) is 21.8 Å². The van der Waals surface area contributed by atoms with Gasteiger partial charge in [0.2, 0.25) is 11.8 Å². The van der Waals surface area contributed by atoms with Gasteiger partial charge in [-0.3, -0.25) is 9.59 Å². The average molecular weight is 402 g/mol. The Bertz CT molecular complexity index is 1070. The summed E-state index contributed by atoms with van der Waals surface area (Å²) in [7, 11) is 0. The number of anilines is 1. The monoisotopic (exact) mass is 402 g/mol. The summed E-state index contributed by atoms with van der Waals surface area (Å²) in [5, 5.41) is 18.4. The molecule has 0 N–H and O–H groups in total. The number of amides is 2. The molecule has 1 aliphatic heterocycles. The zero-order valence-electron chi connectivity index (χ0n) is 15.7. The predicted octanol–water partition coefficient (Wildman–Crippen LogP) is 3.52. The van der Waals surface area contributed by atoms with Crippen molar-refractivity contribution in [1.29, 1.82) is 10.5 Å². The Balaban J connectivity index is 1.59. The number of carbonyl (C=O) groups is 2. The number of aromatic nitrogens is 1. The highest BCUT2D eigenvalue weighted by molar-refractivity contribution is 8.00. The lowest BCUT2D eigenvalue weighted by molar-refractivity contribution is -0.121. The number of thioether (sulfide) groups is 1. The Morgan fingerprint density at radius 1 is 1.03 bits per heavy atom. The molecule has 29 heavy (non-hydrogen) atoms. The van der Waals surface area contributed by atoms with Gasteiger partial charge in [0.1, 0.15) is 11.1 Å². The summed E-state index contributed by atoms with van der Waals surface area (Å²) in [5.74, 6) is -0.601. The van der Waals surface area contributed by atoms with E-state index >= 15 is 0 Å².